The van der Waals surface area contributed by atoms with E-state index in [0.29, 0.717) is 0 Å². The largest absolute Gasteiger partial charge is 0.411 e. The van der Waals surface area contributed by atoms with E-state index >= 15 is 0 Å². The third kappa shape index (κ3) is 6.03. The quantitative estimate of drug-likeness (QED) is 0.739. The number of hydrogen-bond acceptors (Lipinski definition) is 2. The summed E-state index contributed by atoms with van der Waals surface area (Å²) in [5.41, 5.74) is 4.73. The number of rotatable bonds is 4. The molecule has 0 aliphatic carbocycles. The van der Waals surface area contributed by atoms with Gasteiger partial charge in [0.1, 0.15) is 6.61 Å². The summed E-state index contributed by atoms with van der Waals surface area (Å²) in [5, 5.41) is 0. The Morgan fingerprint density at radius 2 is 1.57 bits per heavy atom. The topological polar surface area (TPSA) is 35.2 Å². The van der Waals surface area contributed by atoms with Gasteiger partial charge in [0.15, 0.2) is 0 Å². The van der Waals surface area contributed by atoms with Gasteiger partial charge >= 0.3 is 12.4 Å². The van der Waals surface area contributed by atoms with Crippen LogP contribution in [0.3, 0.4) is 0 Å². The lowest BCUT2D eigenvalue weighted by Gasteiger charge is -2.18. The molecule has 1 unspecified atom stereocenters. The number of halogens is 6. The molecule has 86 valence electrons. The van der Waals surface area contributed by atoms with Crippen molar-refractivity contribution in [1.29, 1.82) is 0 Å². The summed E-state index contributed by atoms with van der Waals surface area (Å²) >= 11 is 0. The molecule has 8 heteroatoms. The first-order valence-corrected chi connectivity index (χ1v) is 3.58. The van der Waals surface area contributed by atoms with Crippen LogP contribution in [0.5, 0.6) is 0 Å². The monoisotopic (exact) mass is 225 g/mol. The molecule has 2 nitrogen and oxygen atoms in total. The molecule has 0 radical (unpaired) electrons. The summed E-state index contributed by atoms with van der Waals surface area (Å²) in [6.07, 6.45) is -9.24. The summed E-state index contributed by atoms with van der Waals surface area (Å²) in [6.45, 7) is -3.56. The smallest absolute Gasteiger partial charge is 0.371 e. The van der Waals surface area contributed by atoms with Crippen LogP contribution in [-0.2, 0) is 4.74 Å². The number of ether oxygens (including phenoxy) is 1. The Morgan fingerprint density at radius 1 is 1.07 bits per heavy atom. The lowest BCUT2D eigenvalue weighted by atomic mass is 10.1. The standard InChI is InChI=1S/C6H9F6NO/c7-5(8,9)3-14-2-4(1-13)6(10,11)12/h4H,1-3,13H2. The van der Waals surface area contributed by atoms with Crippen molar-refractivity contribution in [2.24, 2.45) is 11.7 Å². The third-order valence-electron chi connectivity index (χ3n) is 1.33. The van der Waals surface area contributed by atoms with Gasteiger partial charge < -0.3 is 10.5 Å². The summed E-state index contributed by atoms with van der Waals surface area (Å²) < 4.78 is 74.0. The van der Waals surface area contributed by atoms with Gasteiger partial charge in [0.2, 0.25) is 0 Å². The molecule has 0 aromatic heterocycles. The van der Waals surface area contributed by atoms with Crippen LogP contribution < -0.4 is 5.73 Å². The third-order valence-corrected chi connectivity index (χ3v) is 1.33. The predicted molar refractivity (Wildman–Crippen MR) is 35.5 cm³/mol. The summed E-state index contributed by atoms with van der Waals surface area (Å²) in [4.78, 5) is 0. The highest BCUT2D eigenvalue weighted by Crippen LogP contribution is 2.26. The van der Waals surface area contributed by atoms with E-state index in [0.717, 1.165) is 0 Å². The van der Waals surface area contributed by atoms with Gasteiger partial charge in [0, 0.05) is 6.54 Å². The Balaban J connectivity index is 3.87. The average molecular weight is 225 g/mol. The van der Waals surface area contributed by atoms with E-state index in [1.54, 1.807) is 0 Å². The van der Waals surface area contributed by atoms with E-state index < -0.39 is 38.0 Å². The molecule has 14 heavy (non-hydrogen) atoms. The Kier molecular flexibility index (Phi) is 4.66. The van der Waals surface area contributed by atoms with Gasteiger partial charge in [-0.15, -0.1) is 0 Å². The van der Waals surface area contributed by atoms with Crippen LogP contribution in [0.2, 0.25) is 0 Å². The van der Waals surface area contributed by atoms with Gasteiger partial charge in [-0.3, -0.25) is 0 Å². The molecule has 2 N–H and O–H groups in total. The molecule has 0 aromatic rings. The van der Waals surface area contributed by atoms with Crippen LogP contribution in [-0.4, -0.2) is 32.1 Å². The first-order valence-electron chi connectivity index (χ1n) is 3.58. The molecular formula is C6H9F6NO. The maximum absolute atomic E-state index is 11.9. The van der Waals surface area contributed by atoms with Crippen LogP contribution in [0.1, 0.15) is 0 Å². The van der Waals surface area contributed by atoms with Crippen molar-refractivity contribution < 1.29 is 31.1 Å². The molecule has 1 atom stereocenters. The second-order valence-electron chi connectivity index (χ2n) is 2.60. The van der Waals surface area contributed by atoms with Crippen molar-refractivity contribution in [1.82, 2.24) is 0 Å². The number of alkyl halides is 6. The van der Waals surface area contributed by atoms with E-state index in [4.69, 9.17) is 5.73 Å². The zero-order chi connectivity index (χ0) is 11.4. The van der Waals surface area contributed by atoms with Crippen molar-refractivity contribution in [2.75, 3.05) is 19.8 Å². The normalized spacial score (nSPS) is 15.6. The Bertz CT molecular complexity index is 165. The van der Waals surface area contributed by atoms with Crippen molar-refractivity contribution in [3.8, 4) is 0 Å². The molecule has 0 saturated carbocycles. The van der Waals surface area contributed by atoms with Crippen LogP contribution in [0.15, 0.2) is 0 Å². The first kappa shape index (κ1) is 13.5. The molecule has 0 rings (SSSR count). The lowest BCUT2D eigenvalue weighted by Crippen LogP contribution is -2.35. The molecule has 0 fully saturated rings. The Hall–Kier alpha value is -0.500. The maximum atomic E-state index is 11.9. The van der Waals surface area contributed by atoms with Crippen LogP contribution >= 0.6 is 0 Å². The molecule has 0 aliphatic rings. The Labute approximate surface area is 76.0 Å². The lowest BCUT2D eigenvalue weighted by molar-refractivity contribution is -0.210. The van der Waals surface area contributed by atoms with E-state index in [1.807, 2.05) is 0 Å². The first-order chi connectivity index (χ1) is 6.17. The van der Waals surface area contributed by atoms with Crippen molar-refractivity contribution in [2.45, 2.75) is 12.4 Å². The fourth-order valence-corrected chi connectivity index (χ4v) is 0.613. The highest BCUT2D eigenvalue weighted by molar-refractivity contribution is 4.67. The fraction of sp³-hybridized carbons (Fsp3) is 1.00. The molecule has 0 amide bonds. The average Bonchev–Trinajstić information content (AvgIpc) is 1.93. The van der Waals surface area contributed by atoms with Crippen LogP contribution in [0.25, 0.3) is 0 Å². The number of nitrogens with two attached hydrogens (primary N) is 1. The van der Waals surface area contributed by atoms with E-state index in [1.165, 1.54) is 0 Å². The fourth-order valence-electron chi connectivity index (χ4n) is 0.613. The van der Waals surface area contributed by atoms with E-state index in [2.05, 4.69) is 4.74 Å². The SMILES string of the molecule is NCC(COCC(F)(F)F)C(F)(F)F. The van der Waals surface area contributed by atoms with Crippen molar-refractivity contribution in [3.05, 3.63) is 0 Å². The number of hydrogen-bond donors (Lipinski definition) is 1. The van der Waals surface area contributed by atoms with Crippen molar-refractivity contribution in [3.63, 3.8) is 0 Å². The maximum Gasteiger partial charge on any atom is 0.411 e. The van der Waals surface area contributed by atoms with Crippen LogP contribution in [0, 0.1) is 5.92 Å². The van der Waals surface area contributed by atoms with E-state index in [-0.39, 0.29) is 0 Å². The van der Waals surface area contributed by atoms with Gasteiger partial charge in [-0.05, 0) is 0 Å². The van der Waals surface area contributed by atoms with Gasteiger partial charge in [-0.1, -0.05) is 0 Å². The minimum Gasteiger partial charge on any atom is -0.371 e. The van der Waals surface area contributed by atoms with Gasteiger partial charge in [-0.2, -0.15) is 26.3 Å². The zero-order valence-corrected chi connectivity index (χ0v) is 6.95. The minimum atomic E-state index is -4.62. The molecule has 0 aromatic carbocycles. The molecule has 0 bridgehead atoms. The van der Waals surface area contributed by atoms with Gasteiger partial charge in [0.25, 0.3) is 0 Å². The second-order valence-corrected chi connectivity index (χ2v) is 2.60. The predicted octanol–water partition coefficient (Wildman–Crippen LogP) is 1.70. The van der Waals surface area contributed by atoms with Crippen molar-refractivity contribution >= 4 is 0 Å². The molecular weight excluding hydrogens is 216 g/mol. The molecule has 0 aliphatic heterocycles. The van der Waals surface area contributed by atoms with Crippen LogP contribution in [0.4, 0.5) is 26.3 Å². The minimum absolute atomic E-state index is 0.790. The van der Waals surface area contributed by atoms with E-state index in [9.17, 15) is 26.3 Å². The zero-order valence-electron chi connectivity index (χ0n) is 6.95. The highest BCUT2D eigenvalue weighted by atomic mass is 19.4. The summed E-state index contributed by atoms with van der Waals surface area (Å²) in [5.74, 6) is -2.05. The van der Waals surface area contributed by atoms with Gasteiger partial charge in [0.05, 0.1) is 12.5 Å². The second kappa shape index (κ2) is 4.83. The summed E-state index contributed by atoms with van der Waals surface area (Å²) in [7, 11) is 0. The Morgan fingerprint density at radius 3 is 1.86 bits per heavy atom. The molecule has 0 heterocycles. The highest BCUT2D eigenvalue weighted by Gasteiger charge is 2.39. The summed E-state index contributed by atoms with van der Waals surface area (Å²) in [6, 6.07) is 0. The molecule has 0 saturated heterocycles. The van der Waals surface area contributed by atoms with Gasteiger partial charge in [-0.25, -0.2) is 0 Å². The molecule has 0 spiro atoms.